The van der Waals surface area contributed by atoms with Gasteiger partial charge in [-0.2, -0.15) is 5.10 Å². The Balaban J connectivity index is 1.73. The minimum absolute atomic E-state index is 0.111. The first-order valence-electron chi connectivity index (χ1n) is 6.06. The van der Waals surface area contributed by atoms with Gasteiger partial charge in [-0.05, 0) is 12.1 Å². The zero-order valence-electron chi connectivity index (χ0n) is 10.6. The molecule has 2 heterocycles. The SMILES string of the molecule is Cn1cc(CNC(=O)c2cc3ccccc3[nH]2)cn1. The van der Waals surface area contributed by atoms with Crippen molar-refractivity contribution in [2.24, 2.45) is 7.05 Å². The summed E-state index contributed by atoms with van der Waals surface area (Å²) in [6, 6.07) is 9.68. The lowest BCUT2D eigenvalue weighted by atomic mass is 10.2. The van der Waals surface area contributed by atoms with E-state index in [0.29, 0.717) is 12.2 Å². The fraction of sp³-hybridized carbons (Fsp3) is 0.143. The average molecular weight is 254 g/mol. The monoisotopic (exact) mass is 254 g/mol. The van der Waals surface area contributed by atoms with Gasteiger partial charge in [0.1, 0.15) is 5.69 Å². The average Bonchev–Trinajstić information content (AvgIpc) is 3.01. The van der Waals surface area contributed by atoms with Gasteiger partial charge in [0.25, 0.3) is 5.91 Å². The first-order valence-corrected chi connectivity index (χ1v) is 6.06. The quantitative estimate of drug-likeness (QED) is 0.749. The van der Waals surface area contributed by atoms with Crippen LogP contribution in [0, 0.1) is 0 Å². The van der Waals surface area contributed by atoms with E-state index >= 15 is 0 Å². The van der Waals surface area contributed by atoms with Crippen molar-refractivity contribution >= 4 is 16.8 Å². The Hall–Kier alpha value is -2.56. The summed E-state index contributed by atoms with van der Waals surface area (Å²) >= 11 is 0. The third kappa shape index (κ3) is 2.35. The molecule has 0 spiro atoms. The number of nitrogens with one attached hydrogen (secondary N) is 2. The molecule has 0 fully saturated rings. The molecule has 96 valence electrons. The van der Waals surface area contributed by atoms with Crippen LogP contribution in [-0.2, 0) is 13.6 Å². The summed E-state index contributed by atoms with van der Waals surface area (Å²) in [6.45, 7) is 0.474. The van der Waals surface area contributed by atoms with Crippen molar-refractivity contribution in [2.75, 3.05) is 0 Å². The molecule has 0 unspecified atom stereocenters. The molecule has 2 aromatic heterocycles. The molecule has 5 nitrogen and oxygen atoms in total. The zero-order valence-corrected chi connectivity index (χ0v) is 10.6. The summed E-state index contributed by atoms with van der Waals surface area (Å²) < 4.78 is 1.71. The number of para-hydroxylation sites is 1. The number of aryl methyl sites for hydroxylation is 1. The molecule has 0 bridgehead atoms. The Bertz CT molecular complexity index is 693. The highest BCUT2D eigenvalue weighted by molar-refractivity contribution is 5.97. The number of benzene rings is 1. The van der Waals surface area contributed by atoms with Crippen LogP contribution in [0.25, 0.3) is 10.9 Å². The number of fused-ring (bicyclic) bond motifs is 1. The third-order valence-electron chi connectivity index (χ3n) is 2.99. The summed E-state index contributed by atoms with van der Waals surface area (Å²) in [5.74, 6) is -0.111. The Morgan fingerprint density at radius 3 is 3.00 bits per heavy atom. The van der Waals surface area contributed by atoms with Crippen LogP contribution in [0.15, 0.2) is 42.7 Å². The van der Waals surface area contributed by atoms with Crippen molar-refractivity contribution in [2.45, 2.75) is 6.54 Å². The Morgan fingerprint density at radius 2 is 2.26 bits per heavy atom. The molecular weight excluding hydrogens is 240 g/mol. The third-order valence-corrected chi connectivity index (χ3v) is 2.99. The van der Waals surface area contributed by atoms with Gasteiger partial charge in [0.05, 0.1) is 6.20 Å². The number of hydrogen-bond acceptors (Lipinski definition) is 2. The van der Waals surface area contributed by atoms with Crippen molar-refractivity contribution in [1.82, 2.24) is 20.1 Å². The Morgan fingerprint density at radius 1 is 1.42 bits per heavy atom. The number of nitrogens with zero attached hydrogens (tertiary/aromatic N) is 2. The van der Waals surface area contributed by atoms with Gasteiger partial charge < -0.3 is 10.3 Å². The van der Waals surface area contributed by atoms with E-state index in [1.165, 1.54) is 0 Å². The van der Waals surface area contributed by atoms with E-state index in [-0.39, 0.29) is 5.91 Å². The van der Waals surface area contributed by atoms with Crippen molar-refractivity contribution in [1.29, 1.82) is 0 Å². The van der Waals surface area contributed by atoms with Gasteiger partial charge in [-0.15, -0.1) is 0 Å². The Labute approximate surface area is 110 Å². The van der Waals surface area contributed by atoms with Gasteiger partial charge in [0, 0.05) is 36.3 Å². The van der Waals surface area contributed by atoms with Crippen LogP contribution in [0.2, 0.25) is 0 Å². The van der Waals surface area contributed by atoms with Gasteiger partial charge >= 0.3 is 0 Å². The fourth-order valence-electron chi connectivity index (χ4n) is 2.04. The molecule has 0 aliphatic heterocycles. The molecule has 0 aliphatic rings. The predicted molar refractivity (Wildman–Crippen MR) is 72.7 cm³/mol. The van der Waals surface area contributed by atoms with Crippen molar-refractivity contribution < 1.29 is 4.79 Å². The van der Waals surface area contributed by atoms with Gasteiger partial charge in [0.2, 0.25) is 0 Å². The van der Waals surface area contributed by atoms with Crippen LogP contribution in [0.3, 0.4) is 0 Å². The van der Waals surface area contributed by atoms with E-state index in [0.717, 1.165) is 16.5 Å². The van der Waals surface area contributed by atoms with Crippen LogP contribution in [-0.4, -0.2) is 20.7 Å². The van der Waals surface area contributed by atoms with E-state index in [1.54, 1.807) is 10.9 Å². The number of aromatic amines is 1. The maximum Gasteiger partial charge on any atom is 0.267 e. The fourth-order valence-corrected chi connectivity index (χ4v) is 2.04. The van der Waals surface area contributed by atoms with Crippen molar-refractivity contribution in [3.05, 3.63) is 54.0 Å². The summed E-state index contributed by atoms with van der Waals surface area (Å²) in [6.07, 6.45) is 3.62. The number of aromatic nitrogens is 3. The van der Waals surface area contributed by atoms with Crippen LogP contribution in [0.1, 0.15) is 16.1 Å². The molecular formula is C14H14N4O. The largest absolute Gasteiger partial charge is 0.351 e. The molecule has 0 radical (unpaired) electrons. The second-order valence-corrected chi connectivity index (χ2v) is 4.48. The maximum atomic E-state index is 12.0. The highest BCUT2D eigenvalue weighted by atomic mass is 16.1. The highest BCUT2D eigenvalue weighted by Crippen LogP contribution is 2.14. The molecule has 1 amide bonds. The number of hydrogen-bond donors (Lipinski definition) is 2. The van der Waals surface area contributed by atoms with Crippen molar-refractivity contribution in [3.63, 3.8) is 0 Å². The van der Waals surface area contributed by atoms with Gasteiger partial charge in [-0.3, -0.25) is 9.48 Å². The lowest BCUT2D eigenvalue weighted by molar-refractivity contribution is 0.0947. The van der Waals surface area contributed by atoms with E-state index in [2.05, 4.69) is 15.4 Å². The van der Waals surface area contributed by atoms with Gasteiger partial charge in [-0.25, -0.2) is 0 Å². The molecule has 0 saturated carbocycles. The highest BCUT2D eigenvalue weighted by Gasteiger charge is 2.09. The smallest absolute Gasteiger partial charge is 0.267 e. The predicted octanol–water partition coefficient (Wildman–Crippen LogP) is 1.83. The summed E-state index contributed by atoms with van der Waals surface area (Å²) in [5.41, 5.74) is 2.52. The van der Waals surface area contributed by atoms with E-state index in [1.807, 2.05) is 43.6 Å². The van der Waals surface area contributed by atoms with Gasteiger partial charge in [0.15, 0.2) is 0 Å². The topological polar surface area (TPSA) is 62.7 Å². The molecule has 3 rings (SSSR count). The number of carbonyl (C=O) groups is 1. The standard InChI is InChI=1S/C14H14N4O/c1-18-9-10(8-16-18)7-15-14(19)13-6-11-4-2-3-5-12(11)17-13/h2-6,8-9,17H,7H2,1H3,(H,15,19). The number of amides is 1. The van der Waals surface area contributed by atoms with Crippen LogP contribution < -0.4 is 5.32 Å². The van der Waals surface area contributed by atoms with E-state index in [9.17, 15) is 4.79 Å². The van der Waals surface area contributed by atoms with Crippen LogP contribution in [0.4, 0.5) is 0 Å². The second kappa shape index (κ2) is 4.61. The molecule has 0 aliphatic carbocycles. The summed E-state index contributed by atoms with van der Waals surface area (Å²) in [7, 11) is 1.85. The second-order valence-electron chi connectivity index (χ2n) is 4.48. The van der Waals surface area contributed by atoms with Crippen LogP contribution >= 0.6 is 0 Å². The molecule has 3 aromatic rings. The van der Waals surface area contributed by atoms with Gasteiger partial charge in [-0.1, -0.05) is 18.2 Å². The normalized spacial score (nSPS) is 10.8. The lowest BCUT2D eigenvalue weighted by Gasteiger charge is -2.00. The summed E-state index contributed by atoms with van der Waals surface area (Å²) in [4.78, 5) is 15.1. The first kappa shape index (κ1) is 11.5. The van der Waals surface area contributed by atoms with Crippen LogP contribution in [0.5, 0.6) is 0 Å². The molecule has 0 saturated heterocycles. The minimum Gasteiger partial charge on any atom is -0.351 e. The summed E-state index contributed by atoms with van der Waals surface area (Å²) in [5, 5.41) is 7.96. The molecule has 19 heavy (non-hydrogen) atoms. The first-order chi connectivity index (χ1) is 9.22. The Kier molecular flexibility index (Phi) is 2.79. The van der Waals surface area contributed by atoms with E-state index in [4.69, 9.17) is 0 Å². The number of H-pyrrole nitrogens is 1. The van der Waals surface area contributed by atoms with Crippen molar-refractivity contribution in [3.8, 4) is 0 Å². The number of rotatable bonds is 3. The lowest BCUT2D eigenvalue weighted by Crippen LogP contribution is -2.22. The molecule has 2 N–H and O–H groups in total. The van der Waals surface area contributed by atoms with E-state index < -0.39 is 0 Å². The molecule has 0 atom stereocenters. The number of carbonyl (C=O) groups excluding carboxylic acids is 1. The molecule has 5 heteroatoms. The molecule has 1 aromatic carbocycles. The maximum absolute atomic E-state index is 12.0. The minimum atomic E-state index is -0.111. The zero-order chi connectivity index (χ0) is 13.2.